The van der Waals surface area contributed by atoms with E-state index in [0.717, 1.165) is 0 Å². The molecule has 0 amide bonds. The summed E-state index contributed by atoms with van der Waals surface area (Å²) < 4.78 is 6.69. The molecule has 1 aromatic rings. The summed E-state index contributed by atoms with van der Waals surface area (Å²) in [7, 11) is 0. The number of carboxylic acid groups (broad SMARTS) is 1. The molecule has 2 rings (SSSR count). The van der Waals surface area contributed by atoms with Crippen molar-refractivity contribution in [2.24, 2.45) is 0 Å². The lowest BCUT2D eigenvalue weighted by atomic mass is 9.90. The fourth-order valence-corrected chi connectivity index (χ4v) is 1.77. The molecule has 0 saturated carbocycles. The maximum absolute atomic E-state index is 11.3. The Bertz CT molecular complexity index is 315. The largest absolute Gasteiger partial charge is 0.479 e. The minimum Gasteiger partial charge on any atom is -0.479 e. The Kier molecular flexibility index (Phi) is 2.25. The summed E-state index contributed by atoms with van der Waals surface area (Å²) >= 11 is 0. The standard InChI is InChI=1S/C9H12N2O3/c12-8(13)9(2-6-14-7-3-9)11-5-1-4-10-11/h1,4-5H,2-3,6-7H2,(H,12,13). The van der Waals surface area contributed by atoms with E-state index >= 15 is 0 Å². The number of carbonyl (C=O) groups is 1. The number of aromatic nitrogens is 2. The Morgan fingerprint density at radius 3 is 2.71 bits per heavy atom. The van der Waals surface area contributed by atoms with E-state index in [9.17, 15) is 9.90 Å². The van der Waals surface area contributed by atoms with Crippen LogP contribution in [0.4, 0.5) is 0 Å². The summed E-state index contributed by atoms with van der Waals surface area (Å²) in [5, 5.41) is 13.3. The fourth-order valence-electron chi connectivity index (χ4n) is 1.77. The molecule has 0 radical (unpaired) electrons. The van der Waals surface area contributed by atoms with Crippen LogP contribution in [0.15, 0.2) is 18.5 Å². The molecule has 1 fully saturated rings. The molecule has 1 aliphatic rings. The lowest BCUT2D eigenvalue weighted by molar-refractivity contribution is -0.153. The third-order valence-corrected chi connectivity index (χ3v) is 2.66. The van der Waals surface area contributed by atoms with Crippen LogP contribution in [0, 0.1) is 0 Å². The van der Waals surface area contributed by atoms with Crippen LogP contribution in [0.25, 0.3) is 0 Å². The van der Waals surface area contributed by atoms with Crippen molar-refractivity contribution >= 4 is 5.97 Å². The van der Waals surface area contributed by atoms with Gasteiger partial charge in [-0.2, -0.15) is 5.10 Å². The van der Waals surface area contributed by atoms with Crippen molar-refractivity contribution < 1.29 is 14.6 Å². The molecule has 1 saturated heterocycles. The van der Waals surface area contributed by atoms with E-state index in [0.29, 0.717) is 26.1 Å². The van der Waals surface area contributed by atoms with Crippen molar-refractivity contribution in [1.29, 1.82) is 0 Å². The van der Waals surface area contributed by atoms with E-state index in [1.807, 2.05) is 0 Å². The summed E-state index contributed by atoms with van der Waals surface area (Å²) in [4.78, 5) is 11.3. The SMILES string of the molecule is O=C(O)C1(n2cccn2)CCOCC1. The quantitative estimate of drug-likeness (QED) is 0.746. The maximum Gasteiger partial charge on any atom is 0.331 e. The smallest absolute Gasteiger partial charge is 0.331 e. The molecular formula is C9H12N2O3. The maximum atomic E-state index is 11.3. The molecule has 1 aliphatic heterocycles. The molecule has 1 aromatic heterocycles. The predicted molar refractivity (Wildman–Crippen MR) is 47.9 cm³/mol. The van der Waals surface area contributed by atoms with Gasteiger partial charge in [0.2, 0.25) is 0 Å². The highest BCUT2D eigenvalue weighted by atomic mass is 16.5. The third kappa shape index (κ3) is 1.29. The minimum atomic E-state index is -0.901. The summed E-state index contributed by atoms with van der Waals surface area (Å²) in [6, 6.07) is 1.74. The number of ether oxygens (including phenoxy) is 1. The van der Waals surface area contributed by atoms with Crippen LogP contribution in [0.2, 0.25) is 0 Å². The highest BCUT2D eigenvalue weighted by Crippen LogP contribution is 2.28. The summed E-state index contributed by atoms with van der Waals surface area (Å²) in [5.74, 6) is -0.829. The van der Waals surface area contributed by atoms with E-state index in [4.69, 9.17) is 4.74 Å². The van der Waals surface area contributed by atoms with Gasteiger partial charge in [-0.05, 0) is 6.07 Å². The van der Waals surface area contributed by atoms with Gasteiger partial charge in [0.15, 0.2) is 5.54 Å². The first-order valence-corrected chi connectivity index (χ1v) is 4.57. The number of rotatable bonds is 2. The molecule has 0 spiro atoms. The first-order valence-electron chi connectivity index (χ1n) is 4.57. The molecule has 0 aliphatic carbocycles. The zero-order chi connectivity index (χ0) is 10.0. The van der Waals surface area contributed by atoms with Crippen molar-refractivity contribution in [2.45, 2.75) is 18.4 Å². The first-order chi connectivity index (χ1) is 6.76. The lowest BCUT2D eigenvalue weighted by Gasteiger charge is -2.33. The summed E-state index contributed by atoms with van der Waals surface area (Å²) in [5.41, 5.74) is -0.901. The van der Waals surface area contributed by atoms with Gasteiger partial charge in [0.05, 0.1) is 0 Å². The molecule has 2 heterocycles. The number of hydrogen-bond acceptors (Lipinski definition) is 3. The molecule has 0 atom stereocenters. The lowest BCUT2D eigenvalue weighted by Crippen LogP contribution is -2.46. The van der Waals surface area contributed by atoms with Crippen molar-refractivity contribution in [3.63, 3.8) is 0 Å². The second-order valence-corrected chi connectivity index (χ2v) is 3.40. The molecule has 14 heavy (non-hydrogen) atoms. The second-order valence-electron chi connectivity index (χ2n) is 3.40. The van der Waals surface area contributed by atoms with Gasteiger partial charge in [0, 0.05) is 38.4 Å². The van der Waals surface area contributed by atoms with Gasteiger partial charge in [-0.3, -0.25) is 4.68 Å². The number of nitrogens with zero attached hydrogens (tertiary/aromatic N) is 2. The number of hydrogen-bond donors (Lipinski definition) is 1. The van der Waals surface area contributed by atoms with Crippen molar-refractivity contribution in [2.75, 3.05) is 13.2 Å². The minimum absolute atomic E-state index is 0.476. The van der Waals surface area contributed by atoms with Gasteiger partial charge in [-0.25, -0.2) is 4.79 Å². The van der Waals surface area contributed by atoms with Crippen molar-refractivity contribution in [3.05, 3.63) is 18.5 Å². The van der Waals surface area contributed by atoms with Gasteiger partial charge in [-0.15, -0.1) is 0 Å². The van der Waals surface area contributed by atoms with Gasteiger partial charge >= 0.3 is 5.97 Å². The number of aliphatic carboxylic acids is 1. The van der Waals surface area contributed by atoms with Gasteiger partial charge in [-0.1, -0.05) is 0 Å². The van der Waals surface area contributed by atoms with Crippen LogP contribution in [-0.4, -0.2) is 34.1 Å². The van der Waals surface area contributed by atoms with Crippen LogP contribution in [-0.2, 0) is 15.1 Å². The second kappa shape index (κ2) is 3.42. The highest BCUT2D eigenvalue weighted by Gasteiger charge is 2.42. The Morgan fingerprint density at radius 2 is 2.21 bits per heavy atom. The normalized spacial score (nSPS) is 20.6. The van der Waals surface area contributed by atoms with Crippen LogP contribution in [0.1, 0.15) is 12.8 Å². The first kappa shape index (κ1) is 9.21. The Hall–Kier alpha value is -1.36. The van der Waals surface area contributed by atoms with Crippen LogP contribution in [0.3, 0.4) is 0 Å². The molecule has 5 heteroatoms. The fraction of sp³-hybridized carbons (Fsp3) is 0.556. The molecule has 0 unspecified atom stereocenters. The topological polar surface area (TPSA) is 64.3 Å². The van der Waals surface area contributed by atoms with E-state index in [2.05, 4.69) is 5.10 Å². The van der Waals surface area contributed by atoms with Gasteiger partial charge in [0.25, 0.3) is 0 Å². The van der Waals surface area contributed by atoms with Gasteiger partial charge < -0.3 is 9.84 Å². The summed E-state index contributed by atoms with van der Waals surface area (Å²) in [6.45, 7) is 0.957. The number of carboxylic acids is 1. The zero-order valence-electron chi connectivity index (χ0n) is 7.72. The van der Waals surface area contributed by atoms with Crippen molar-refractivity contribution in [3.8, 4) is 0 Å². The zero-order valence-corrected chi connectivity index (χ0v) is 7.72. The summed E-state index contributed by atoms with van der Waals surface area (Å²) in [6.07, 6.45) is 4.24. The van der Waals surface area contributed by atoms with Crippen molar-refractivity contribution in [1.82, 2.24) is 9.78 Å². The molecule has 5 nitrogen and oxygen atoms in total. The molecule has 76 valence electrons. The van der Waals surface area contributed by atoms with Crippen LogP contribution >= 0.6 is 0 Å². The average Bonchev–Trinajstić information content (AvgIpc) is 2.72. The van der Waals surface area contributed by atoms with Crippen LogP contribution in [0.5, 0.6) is 0 Å². The predicted octanol–water partition coefficient (Wildman–Crippen LogP) is 0.473. The van der Waals surface area contributed by atoms with E-state index in [1.54, 1.807) is 18.5 Å². The highest BCUT2D eigenvalue weighted by molar-refractivity contribution is 5.76. The van der Waals surface area contributed by atoms with E-state index in [1.165, 1.54) is 4.68 Å². The Morgan fingerprint density at radius 1 is 1.50 bits per heavy atom. The van der Waals surface area contributed by atoms with Gasteiger partial charge in [0.1, 0.15) is 0 Å². The monoisotopic (exact) mass is 196 g/mol. The molecule has 1 N–H and O–H groups in total. The van der Waals surface area contributed by atoms with E-state index < -0.39 is 11.5 Å². The molecule has 0 aromatic carbocycles. The third-order valence-electron chi connectivity index (χ3n) is 2.66. The average molecular weight is 196 g/mol. The van der Waals surface area contributed by atoms with Crippen LogP contribution < -0.4 is 0 Å². The molecule has 0 bridgehead atoms. The Balaban J connectivity index is 2.35. The Labute approximate surface area is 81.3 Å². The molecular weight excluding hydrogens is 184 g/mol. The van der Waals surface area contributed by atoms with E-state index in [-0.39, 0.29) is 0 Å².